The van der Waals surface area contributed by atoms with Gasteiger partial charge in [-0.15, -0.1) is 0 Å². The molecule has 31 heavy (non-hydrogen) atoms. The summed E-state index contributed by atoms with van der Waals surface area (Å²) in [5, 5.41) is 2.58. The summed E-state index contributed by atoms with van der Waals surface area (Å²) in [6.07, 6.45) is 0.0445. The molecule has 8 heteroatoms. The fourth-order valence-electron chi connectivity index (χ4n) is 3.39. The van der Waals surface area contributed by atoms with Crippen molar-refractivity contribution in [3.05, 3.63) is 59.2 Å². The molecule has 0 radical (unpaired) electrons. The van der Waals surface area contributed by atoms with Gasteiger partial charge in [0.1, 0.15) is 0 Å². The van der Waals surface area contributed by atoms with E-state index in [2.05, 4.69) is 10.1 Å². The van der Waals surface area contributed by atoms with Crippen LogP contribution in [0.3, 0.4) is 0 Å². The molecule has 1 heterocycles. The first-order valence-corrected chi connectivity index (χ1v) is 9.81. The van der Waals surface area contributed by atoms with Crippen LogP contribution < -0.4 is 10.2 Å². The van der Waals surface area contributed by atoms with E-state index < -0.39 is 30.4 Å². The largest absolute Gasteiger partial charge is 0.465 e. The van der Waals surface area contributed by atoms with E-state index in [1.165, 1.54) is 19.2 Å². The molecule has 1 aliphatic heterocycles. The third kappa shape index (κ3) is 5.09. The zero-order chi connectivity index (χ0) is 22.5. The number of hydrogen-bond acceptors (Lipinski definition) is 6. The average Bonchev–Trinajstić information content (AvgIpc) is 3.15. The van der Waals surface area contributed by atoms with Gasteiger partial charge in [0.25, 0.3) is 5.91 Å². The zero-order valence-electron chi connectivity index (χ0n) is 17.6. The van der Waals surface area contributed by atoms with Gasteiger partial charge >= 0.3 is 11.9 Å². The lowest BCUT2D eigenvalue weighted by Gasteiger charge is -2.20. The summed E-state index contributed by atoms with van der Waals surface area (Å²) >= 11 is 0. The maximum Gasteiger partial charge on any atom is 0.337 e. The predicted octanol–water partition coefficient (Wildman–Crippen LogP) is 2.62. The summed E-state index contributed by atoms with van der Waals surface area (Å²) in [5.41, 5.74) is 3.64. The highest BCUT2D eigenvalue weighted by atomic mass is 16.5. The summed E-state index contributed by atoms with van der Waals surface area (Å²) in [5.74, 6) is -2.36. The Morgan fingerprint density at radius 1 is 1.10 bits per heavy atom. The molecule has 0 aliphatic carbocycles. The Morgan fingerprint density at radius 2 is 1.81 bits per heavy atom. The second-order valence-electron chi connectivity index (χ2n) is 7.35. The number of ether oxygens (including phenoxy) is 2. The van der Waals surface area contributed by atoms with Gasteiger partial charge in [-0.25, -0.2) is 4.79 Å². The average molecular weight is 424 g/mol. The predicted molar refractivity (Wildman–Crippen MR) is 114 cm³/mol. The van der Waals surface area contributed by atoms with Crippen LogP contribution in [0.25, 0.3) is 0 Å². The lowest BCUT2D eigenvalue weighted by Crippen LogP contribution is -2.28. The number of esters is 2. The lowest BCUT2D eigenvalue weighted by molar-refractivity contribution is -0.151. The van der Waals surface area contributed by atoms with E-state index in [0.717, 1.165) is 16.8 Å². The number of rotatable bonds is 6. The van der Waals surface area contributed by atoms with E-state index in [1.54, 1.807) is 17.0 Å². The molecule has 3 rings (SSSR count). The van der Waals surface area contributed by atoms with Crippen LogP contribution in [0.4, 0.5) is 11.4 Å². The first-order valence-electron chi connectivity index (χ1n) is 9.81. The van der Waals surface area contributed by atoms with Gasteiger partial charge in [0, 0.05) is 24.3 Å². The summed E-state index contributed by atoms with van der Waals surface area (Å²) in [6, 6.07) is 11.8. The number of methoxy groups -OCH3 is 1. The molecule has 162 valence electrons. The SMILES string of the molecule is COC(=O)c1ccc(NC(=O)COC(=O)[C@H]2CC(=O)N(c3cccc(C)c3C)C2)cc1. The van der Waals surface area contributed by atoms with Crippen LogP contribution in [-0.2, 0) is 23.9 Å². The number of amides is 2. The third-order valence-electron chi connectivity index (χ3n) is 5.26. The maximum atomic E-state index is 12.4. The molecule has 2 amide bonds. The van der Waals surface area contributed by atoms with Gasteiger partial charge in [-0.3, -0.25) is 14.4 Å². The van der Waals surface area contributed by atoms with Crippen molar-refractivity contribution in [3.63, 3.8) is 0 Å². The summed E-state index contributed by atoms with van der Waals surface area (Å²) in [6.45, 7) is 3.66. The number of carbonyl (C=O) groups is 4. The van der Waals surface area contributed by atoms with Crippen molar-refractivity contribution in [2.75, 3.05) is 30.5 Å². The molecule has 2 aromatic carbocycles. The number of hydrogen-bond donors (Lipinski definition) is 1. The molecule has 2 aromatic rings. The molecule has 0 aromatic heterocycles. The monoisotopic (exact) mass is 424 g/mol. The van der Waals surface area contributed by atoms with Gasteiger partial charge in [0.2, 0.25) is 5.91 Å². The summed E-state index contributed by atoms with van der Waals surface area (Å²) in [7, 11) is 1.28. The lowest BCUT2D eigenvalue weighted by atomic mass is 10.1. The number of anilines is 2. The Morgan fingerprint density at radius 3 is 2.48 bits per heavy atom. The van der Waals surface area contributed by atoms with Crippen molar-refractivity contribution in [1.29, 1.82) is 0 Å². The van der Waals surface area contributed by atoms with Gasteiger partial charge in [-0.2, -0.15) is 0 Å². The van der Waals surface area contributed by atoms with Gasteiger partial charge in [-0.1, -0.05) is 12.1 Å². The maximum absolute atomic E-state index is 12.4. The Balaban J connectivity index is 1.52. The van der Waals surface area contributed by atoms with E-state index in [-0.39, 0.29) is 18.9 Å². The molecule has 1 fully saturated rings. The molecular formula is C23H24N2O6. The van der Waals surface area contributed by atoms with Gasteiger partial charge < -0.3 is 19.7 Å². The van der Waals surface area contributed by atoms with Crippen LogP contribution in [0, 0.1) is 19.8 Å². The molecule has 0 saturated carbocycles. The second kappa shape index (κ2) is 9.42. The van der Waals surface area contributed by atoms with Crippen molar-refractivity contribution >= 4 is 35.1 Å². The first-order chi connectivity index (χ1) is 14.8. The van der Waals surface area contributed by atoms with Gasteiger partial charge in [0.05, 0.1) is 18.6 Å². The van der Waals surface area contributed by atoms with Crippen LogP contribution >= 0.6 is 0 Å². The molecular weight excluding hydrogens is 400 g/mol. The van der Waals surface area contributed by atoms with Crippen molar-refractivity contribution in [3.8, 4) is 0 Å². The molecule has 0 unspecified atom stereocenters. The van der Waals surface area contributed by atoms with Gasteiger partial charge in [0.15, 0.2) is 6.61 Å². The Kier molecular flexibility index (Phi) is 6.69. The normalized spacial score (nSPS) is 15.5. The van der Waals surface area contributed by atoms with E-state index in [0.29, 0.717) is 11.3 Å². The Labute approximate surface area is 180 Å². The Bertz CT molecular complexity index is 1020. The van der Waals surface area contributed by atoms with Crippen molar-refractivity contribution in [2.45, 2.75) is 20.3 Å². The highest BCUT2D eigenvalue weighted by molar-refractivity contribution is 6.00. The van der Waals surface area contributed by atoms with E-state index in [4.69, 9.17) is 4.74 Å². The number of carbonyl (C=O) groups excluding carboxylic acids is 4. The molecule has 1 aliphatic rings. The zero-order valence-corrected chi connectivity index (χ0v) is 17.6. The number of nitrogens with one attached hydrogen (secondary N) is 1. The third-order valence-corrected chi connectivity index (χ3v) is 5.26. The molecule has 1 saturated heterocycles. The van der Waals surface area contributed by atoms with Gasteiger partial charge in [-0.05, 0) is 55.3 Å². The van der Waals surface area contributed by atoms with Crippen LogP contribution in [-0.4, -0.2) is 44.0 Å². The van der Waals surface area contributed by atoms with E-state index >= 15 is 0 Å². The molecule has 1 atom stereocenters. The minimum Gasteiger partial charge on any atom is -0.465 e. The molecule has 8 nitrogen and oxygen atoms in total. The first kappa shape index (κ1) is 22.0. The minimum absolute atomic E-state index is 0.0445. The summed E-state index contributed by atoms with van der Waals surface area (Å²) < 4.78 is 9.74. The van der Waals surface area contributed by atoms with Crippen LogP contribution in [0.5, 0.6) is 0 Å². The fourth-order valence-corrected chi connectivity index (χ4v) is 3.39. The molecule has 0 bridgehead atoms. The Hall–Kier alpha value is -3.68. The highest BCUT2D eigenvalue weighted by Gasteiger charge is 2.37. The minimum atomic E-state index is -0.625. The summed E-state index contributed by atoms with van der Waals surface area (Å²) in [4.78, 5) is 49.9. The van der Waals surface area contributed by atoms with Crippen LogP contribution in [0.2, 0.25) is 0 Å². The second-order valence-corrected chi connectivity index (χ2v) is 7.35. The van der Waals surface area contributed by atoms with Crippen LogP contribution in [0.1, 0.15) is 27.9 Å². The highest BCUT2D eigenvalue weighted by Crippen LogP contribution is 2.29. The molecule has 1 N–H and O–H groups in total. The topological polar surface area (TPSA) is 102 Å². The van der Waals surface area contributed by atoms with Crippen molar-refractivity contribution in [2.24, 2.45) is 5.92 Å². The number of aryl methyl sites for hydroxylation is 1. The van der Waals surface area contributed by atoms with Crippen LogP contribution in [0.15, 0.2) is 42.5 Å². The quantitative estimate of drug-likeness (QED) is 0.716. The van der Waals surface area contributed by atoms with E-state index in [9.17, 15) is 19.2 Å². The fraction of sp³-hybridized carbons (Fsp3) is 0.304. The van der Waals surface area contributed by atoms with Crippen molar-refractivity contribution < 1.29 is 28.7 Å². The number of benzene rings is 2. The van der Waals surface area contributed by atoms with Crippen molar-refractivity contribution in [1.82, 2.24) is 0 Å². The van der Waals surface area contributed by atoms with E-state index in [1.807, 2.05) is 32.0 Å². The molecule has 0 spiro atoms. The smallest absolute Gasteiger partial charge is 0.337 e. The standard InChI is InChI=1S/C23H24N2O6/c1-14-5-4-6-19(15(14)2)25-12-17(11-21(25)27)23(29)31-13-20(26)24-18-9-7-16(8-10-18)22(28)30-3/h4-10,17H,11-13H2,1-3H3,(H,24,26)/t17-/m0/s1. The number of nitrogens with zero attached hydrogens (tertiary/aromatic N) is 1.